The van der Waals surface area contributed by atoms with Crippen LogP contribution in [0.1, 0.15) is 5.56 Å². The monoisotopic (exact) mass is 369 g/mol. The Morgan fingerprint density at radius 3 is 2.73 bits per heavy atom. The van der Waals surface area contributed by atoms with Crippen molar-refractivity contribution in [2.45, 2.75) is 6.54 Å². The molecular weight excluding hydrogens is 353 g/mol. The van der Waals surface area contributed by atoms with Crippen molar-refractivity contribution in [3.8, 4) is 10.6 Å². The van der Waals surface area contributed by atoms with E-state index in [0.717, 1.165) is 16.1 Å². The van der Waals surface area contributed by atoms with Gasteiger partial charge in [0.25, 0.3) is 5.56 Å². The molecule has 0 bridgehead atoms. The molecule has 0 spiro atoms. The summed E-state index contributed by atoms with van der Waals surface area (Å²) in [6.45, 7) is 0.543. The Labute approximate surface area is 153 Å². The van der Waals surface area contributed by atoms with Gasteiger partial charge in [0, 0.05) is 18.7 Å². The van der Waals surface area contributed by atoms with Gasteiger partial charge in [0.15, 0.2) is 0 Å². The number of thiophene rings is 1. The third kappa shape index (κ3) is 4.73. The maximum Gasteiger partial charge on any atom is 0.266 e. The summed E-state index contributed by atoms with van der Waals surface area (Å²) in [6, 6.07) is 12.8. The summed E-state index contributed by atoms with van der Waals surface area (Å²) in [7, 11) is 0. The third-order valence-electron chi connectivity index (χ3n) is 3.56. The second-order valence-electron chi connectivity index (χ2n) is 5.43. The van der Waals surface area contributed by atoms with Gasteiger partial charge >= 0.3 is 0 Å². The molecule has 1 amide bonds. The molecule has 3 rings (SSSR count). The number of rotatable bonds is 6. The summed E-state index contributed by atoms with van der Waals surface area (Å²) < 4.78 is 14.2. The minimum absolute atomic E-state index is 0.221. The molecule has 0 fully saturated rings. The highest BCUT2D eigenvalue weighted by atomic mass is 32.1. The molecule has 0 saturated heterocycles. The highest BCUT2D eigenvalue weighted by molar-refractivity contribution is 7.13. The number of carbonyl (C=O) groups is 1. The van der Waals surface area contributed by atoms with E-state index in [-0.39, 0.29) is 30.4 Å². The SMILES string of the molecule is O=C(/C=C/c1ccc(F)cc1)NCCn1nc(-c2cccs2)ccc1=O. The van der Waals surface area contributed by atoms with E-state index in [1.165, 1.54) is 29.0 Å². The molecule has 132 valence electrons. The number of amides is 1. The van der Waals surface area contributed by atoms with Gasteiger partial charge in [-0.1, -0.05) is 18.2 Å². The Morgan fingerprint density at radius 1 is 1.19 bits per heavy atom. The molecule has 5 nitrogen and oxygen atoms in total. The molecule has 0 aliphatic heterocycles. The summed E-state index contributed by atoms with van der Waals surface area (Å²) in [5.74, 6) is -0.619. The van der Waals surface area contributed by atoms with Gasteiger partial charge in [0.2, 0.25) is 5.91 Å². The molecule has 7 heteroatoms. The van der Waals surface area contributed by atoms with E-state index in [0.29, 0.717) is 0 Å². The first-order valence-corrected chi connectivity index (χ1v) is 8.83. The van der Waals surface area contributed by atoms with Crippen LogP contribution in [0.15, 0.2) is 64.8 Å². The van der Waals surface area contributed by atoms with Crippen LogP contribution in [0.2, 0.25) is 0 Å². The van der Waals surface area contributed by atoms with Gasteiger partial charge in [0.05, 0.1) is 11.4 Å². The third-order valence-corrected chi connectivity index (χ3v) is 4.45. The van der Waals surface area contributed by atoms with Crippen LogP contribution in [0.4, 0.5) is 4.39 Å². The van der Waals surface area contributed by atoms with Crippen molar-refractivity contribution in [3.05, 3.63) is 81.7 Å². The summed E-state index contributed by atoms with van der Waals surface area (Å²) >= 11 is 1.54. The number of hydrogen-bond donors (Lipinski definition) is 1. The predicted molar refractivity (Wildman–Crippen MR) is 100 cm³/mol. The minimum Gasteiger partial charge on any atom is -0.351 e. The van der Waals surface area contributed by atoms with Crippen molar-refractivity contribution in [2.24, 2.45) is 0 Å². The molecule has 2 aromatic heterocycles. The largest absolute Gasteiger partial charge is 0.351 e. The van der Waals surface area contributed by atoms with E-state index in [1.54, 1.807) is 35.6 Å². The van der Waals surface area contributed by atoms with Gasteiger partial charge in [-0.15, -0.1) is 11.3 Å². The molecule has 0 atom stereocenters. The summed E-state index contributed by atoms with van der Waals surface area (Å²) in [5.41, 5.74) is 1.23. The first kappa shape index (κ1) is 17.8. The van der Waals surface area contributed by atoms with Crippen LogP contribution in [-0.4, -0.2) is 22.2 Å². The fraction of sp³-hybridized carbons (Fsp3) is 0.105. The molecule has 26 heavy (non-hydrogen) atoms. The lowest BCUT2D eigenvalue weighted by Gasteiger charge is -2.06. The topological polar surface area (TPSA) is 64.0 Å². The first-order valence-electron chi connectivity index (χ1n) is 7.95. The Morgan fingerprint density at radius 2 is 2.00 bits per heavy atom. The Bertz CT molecular complexity index is 963. The van der Waals surface area contributed by atoms with Crippen molar-refractivity contribution < 1.29 is 9.18 Å². The lowest BCUT2D eigenvalue weighted by molar-refractivity contribution is -0.116. The molecule has 0 saturated carbocycles. The van der Waals surface area contributed by atoms with E-state index >= 15 is 0 Å². The second-order valence-corrected chi connectivity index (χ2v) is 6.38. The number of hydrogen-bond acceptors (Lipinski definition) is 4. The summed E-state index contributed by atoms with van der Waals surface area (Å²) in [5, 5.41) is 8.97. The van der Waals surface area contributed by atoms with Gasteiger partial charge in [-0.05, 0) is 41.3 Å². The highest BCUT2D eigenvalue weighted by Crippen LogP contribution is 2.20. The average Bonchev–Trinajstić information content (AvgIpc) is 3.17. The van der Waals surface area contributed by atoms with Crippen LogP contribution >= 0.6 is 11.3 Å². The van der Waals surface area contributed by atoms with E-state index in [9.17, 15) is 14.0 Å². The van der Waals surface area contributed by atoms with Crippen molar-refractivity contribution in [1.82, 2.24) is 15.1 Å². The molecule has 2 heterocycles. The van der Waals surface area contributed by atoms with E-state index in [2.05, 4.69) is 10.4 Å². The quantitative estimate of drug-likeness (QED) is 0.680. The van der Waals surface area contributed by atoms with Crippen LogP contribution in [0.3, 0.4) is 0 Å². The van der Waals surface area contributed by atoms with Crippen LogP contribution in [0.5, 0.6) is 0 Å². The molecule has 0 unspecified atom stereocenters. The standard InChI is InChI=1S/C19H16FN3O2S/c20-15-6-3-14(4-7-15)5-9-18(24)21-11-12-23-19(25)10-8-16(22-23)17-2-1-13-26-17/h1-10,13H,11-12H2,(H,21,24)/b9-5+. The Balaban J connectivity index is 1.56. The summed E-state index contributed by atoms with van der Waals surface area (Å²) in [4.78, 5) is 24.7. The first-order chi connectivity index (χ1) is 12.6. The van der Waals surface area contributed by atoms with E-state index in [1.807, 2.05) is 17.5 Å². The minimum atomic E-state index is -0.325. The van der Waals surface area contributed by atoms with Crippen LogP contribution in [-0.2, 0) is 11.3 Å². The van der Waals surface area contributed by atoms with Crippen molar-refractivity contribution in [3.63, 3.8) is 0 Å². The zero-order valence-corrected chi connectivity index (χ0v) is 14.6. The maximum atomic E-state index is 12.8. The van der Waals surface area contributed by atoms with Gasteiger partial charge in [-0.3, -0.25) is 9.59 Å². The van der Waals surface area contributed by atoms with Crippen molar-refractivity contribution in [1.29, 1.82) is 0 Å². The lowest BCUT2D eigenvalue weighted by Crippen LogP contribution is -2.31. The van der Waals surface area contributed by atoms with Crippen LogP contribution < -0.4 is 10.9 Å². The molecule has 3 aromatic rings. The van der Waals surface area contributed by atoms with Crippen molar-refractivity contribution in [2.75, 3.05) is 6.54 Å². The van der Waals surface area contributed by atoms with Gasteiger partial charge < -0.3 is 5.32 Å². The van der Waals surface area contributed by atoms with E-state index in [4.69, 9.17) is 0 Å². The number of carbonyl (C=O) groups excluding carboxylic acids is 1. The smallest absolute Gasteiger partial charge is 0.266 e. The molecule has 1 N–H and O–H groups in total. The molecular formula is C19H16FN3O2S. The highest BCUT2D eigenvalue weighted by Gasteiger charge is 2.04. The lowest BCUT2D eigenvalue weighted by atomic mass is 10.2. The van der Waals surface area contributed by atoms with Gasteiger partial charge in [0.1, 0.15) is 11.5 Å². The summed E-state index contributed by atoms with van der Waals surface area (Å²) in [6.07, 6.45) is 2.96. The predicted octanol–water partition coefficient (Wildman–Crippen LogP) is 2.94. The number of halogens is 1. The fourth-order valence-electron chi connectivity index (χ4n) is 2.25. The number of benzene rings is 1. The van der Waals surface area contributed by atoms with Crippen molar-refractivity contribution >= 4 is 23.3 Å². The Hall–Kier alpha value is -3.06. The zero-order valence-electron chi connectivity index (χ0n) is 13.8. The number of aromatic nitrogens is 2. The zero-order chi connectivity index (χ0) is 18.4. The maximum absolute atomic E-state index is 12.8. The van der Waals surface area contributed by atoms with Crippen LogP contribution in [0.25, 0.3) is 16.6 Å². The normalized spacial score (nSPS) is 11.0. The molecule has 1 aromatic carbocycles. The van der Waals surface area contributed by atoms with Gasteiger partial charge in [-0.25, -0.2) is 9.07 Å². The van der Waals surface area contributed by atoms with E-state index < -0.39 is 0 Å². The molecule has 0 aliphatic rings. The van der Waals surface area contributed by atoms with Gasteiger partial charge in [-0.2, -0.15) is 5.10 Å². The number of nitrogens with one attached hydrogen (secondary N) is 1. The Kier molecular flexibility index (Phi) is 5.70. The molecule has 0 radical (unpaired) electrons. The second kappa shape index (κ2) is 8.35. The fourth-order valence-corrected chi connectivity index (χ4v) is 2.95. The van der Waals surface area contributed by atoms with Crippen LogP contribution in [0, 0.1) is 5.82 Å². The molecule has 0 aliphatic carbocycles. The average molecular weight is 369 g/mol. The number of nitrogens with zero attached hydrogens (tertiary/aromatic N) is 2.